The van der Waals surface area contributed by atoms with Crippen molar-refractivity contribution in [2.24, 2.45) is 4.99 Å². The van der Waals surface area contributed by atoms with Gasteiger partial charge in [-0.05, 0) is 62.4 Å². The summed E-state index contributed by atoms with van der Waals surface area (Å²) in [4.78, 5) is 4.55. The first-order valence-corrected chi connectivity index (χ1v) is 10.7. The number of aliphatic imine (C=N–C) groups is 1. The zero-order chi connectivity index (χ0) is 19.0. The Morgan fingerprint density at radius 2 is 1.46 bits per heavy atom. The second-order valence-electron chi connectivity index (χ2n) is 5.27. The summed E-state index contributed by atoms with van der Waals surface area (Å²) in [6.07, 6.45) is 0.0138. The number of hydrogen-bond donors (Lipinski definition) is 1. The molecule has 5 nitrogen and oxygen atoms in total. The molecule has 2 rings (SSSR count). The summed E-state index contributed by atoms with van der Waals surface area (Å²) in [6.45, 7) is 4.11. The summed E-state index contributed by atoms with van der Waals surface area (Å²) in [6, 6.07) is 14.2. The summed E-state index contributed by atoms with van der Waals surface area (Å²) in [5, 5.41) is 4.41. The van der Waals surface area contributed by atoms with E-state index in [1.807, 2.05) is 12.1 Å². The molecule has 0 saturated carbocycles. The second-order valence-corrected chi connectivity index (χ2v) is 8.20. The van der Waals surface area contributed by atoms with Crippen LogP contribution >= 0.6 is 30.8 Å². The molecular formula is C18H21Cl2N2O3P. The molecule has 2 aromatic rings. The van der Waals surface area contributed by atoms with Gasteiger partial charge in [0.05, 0.1) is 18.9 Å². The van der Waals surface area contributed by atoms with Gasteiger partial charge < -0.3 is 14.4 Å². The predicted molar refractivity (Wildman–Crippen MR) is 109 cm³/mol. The standard InChI is InChI=1S/C18H21Cl2N2O3P/c1-3-24-26(23,25-4-2)13-18(21-16-9-5-14(19)6-10-16)22-17-11-7-15(20)8-12-17/h5-12H,3-4,13H2,1-2H3,(H,21,22). The zero-order valence-corrected chi connectivity index (χ0v) is 17.0. The summed E-state index contributed by atoms with van der Waals surface area (Å²) in [5.41, 5.74) is 1.44. The Morgan fingerprint density at radius 1 is 0.962 bits per heavy atom. The summed E-state index contributed by atoms with van der Waals surface area (Å²) in [7, 11) is -3.31. The molecule has 0 fully saturated rings. The maximum atomic E-state index is 12.9. The molecule has 0 aliphatic carbocycles. The Kier molecular flexibility index (Phi) is 8.14. The van der Waals surface area contributed by atoms with Gasteiger partial charge in [0.25, 0.3) is 0 Å². The van der Waals surface area contributed by atoms with E-state index in [1.165, 1.54) is 0 Å². The minimum absolute atomic E-state index is 0.0138. The van der Waals surface area contributed by atoms with E-state index in [-0.39, 0.29) is 19.4 Å². The predicted octanol–water partition coefficient (Wildman–Crippen LogP) is 6.40. The van der Waals surface area contributed by atoms with Crippen LogP contribution in [0.2, 0.25) is 10.0 Å². The molecule has 0 unspecified atom stereocenters. The lowest BCUT2D eigenvalue weighted by Crippen LogP contribution is -2.18. The molecule has 0 atom stereocenters. The van der Waals surface area contributed by atoms with Crippen LogP contribution < -0.4 is 5.32 Å². The first kappa shape index (κ1) is 20.9. The van der Waals surface area contributed by atoms with E-state index in [0.717, 1.165) is 5.69 Å². The third-order valence-corrected chi connectivity index (χ3v) is 5.71. The van der Waals surface area contributed by atoms with Crippen molar-refractivity contribution in [1.82, 2.24) is 0 Å². The van der Waals surface area contributed by atoms with Crippen molar-refractivity contribution in [3.05, 3.63) is 58.6 Å². The van der Waals surface area contributed by atoms with Crippen LogP contribution in [0.1, 0.15) is 13.8 Å². The molecule has 0 aliphatic rings. The first-order chi connectivity index (χ1) is 12.4. The molecular weight excluding hydrogens is 394 g/mol. The van der Waals surface area contributed by atoms with Crippen LogP contribution in [-0.2, 0) is 13.6 Å². The van der Waals surface area contributed by atoms with Crippen LogP contribution in [-0.4, -0.2) is 25.2 Å². The monoisotopic (exact) mass is 414 g/mol. The number of rotatable bonds is 8. The Hall–Kier alpha value is -1.36. The first-order valence-electron chi connectivity index (χ1n) is 8.18. The van der Waals surface area contributed by atoms with Gasteiger partial charge >= 0.3 is 7.60 Å². The lowest BCUT2D eigenvalue weighted by atomic mass is 10.3. The van der Waals surface area contributed by atoms with E-state index in [2.05, 4.69) is 10.3 Å². The molecule has 8 heteroatoms. The Bertz CT molecular complexity index is 770. The summed E-state index contributed by atoms with van der Waals surface area (Å²) in [5.74, 6) is 0.458. The van der Waals surface area contributed by atoms with Crippen LogP contribution in [0, 0.1) is 0 Å². The molecule has 0 saturated heterocycles. The highest BCUT2D eigenvalue weighted by molar-refractivity contribution is 7.55. The molecule has 0 aliphatic heterocycles. The van der Waals surface area contributed by atoms with Crippen LogP contribution in [0.25, 0.3) is 0 Å². The van der Waals surface area contributed by atoms with E-state index in [1.54, 1.807) is 50.2 Å². The highest BCUT2D eigenvalue weighted by Gasteiger charge is 2.26. The van der Waals surface area contributed by atoms with Crippen LogP contribution in [0.4, 0.5) is 11.4 Å². The van der Waals surface area contributed by atoms with E-state index in [0.29, 0.717) is 21.6 Å². The van der Waals surface area contributed by atoms with Gasteiger partial charge in [-0.1, -0.05) is 23.2 Å². The molecule has 26 heavy (non-hydrogen) atoms. The largest absolute Gasteiger partial charge is 0.343 e. The summed E-state index contributed by atoms with van der Waals surface area (Å²) < 4.78 is 23.7. The van der Waals surface area contributed by atoms with Gasteiger partial charge in [0.15, 0.2) is 0 Å². The third kappa shape index (κ3) is 6.75. The molecule has 140 valence electrons. The third-order valence-electron chi connectivity index (χ3n) is 3.22. The Balaban J connectivity index is 2.31. The Labute approximate surface area is 163 Å². The minimum atomic E-state index is -3.31. The fourth-order valence-corrected chi connectivity index (χ4v) is 3.99. The van der Waals surface area contributed by atoms with Crippen molar-refractivity contribution in [1.29, 1.82) is 0 Å². The van der Waals surface area contributed by atoms with Crippen LogP contribution in [0.3, 0.4) is 0 Å². The lowest BCUT2D eigenvalue weighted by Gasteiger charge is -2.19. The number of benzene rings is 2. The normalized spacial score (nSPS) is 12.2. The fourth-order valence-electron chi connectivity index (χ4n) is 2.18. The summed E-state index contributed by atoms with van der Waals surface area (Å²) >= 11 is 11.8. The molecule has 0 bridgehead atoms. The van der Waals surface area contributed by atoms with Gasteiger partial charge in [0, 0.05) is 15.7 Å². The topological polar surface area (TPSA) is 59.9 Å². The van der Waals surface area contributed by atoms with E-state index in [4.69, 9.17) is 32.2 Å². The molecule has 0 spiro atoms. The van der Waals surface area contributed by atoms with Crippen molar-refractivity contribution < 1.29 is 13.6 Å². The highest BCUT2D eigenvalue weighted by Crippen LogP contribution is 2.48. The van der Waals surface area contributed by atoms with Gasteiger partial charge in [0.1, 0.15) is 12.0 Å². The second kappa shape index (κ2) is 10.1. The average Bonchev–Trinajstić information content (AvgIpc) is 2.59. The van der Waals surface area contributed by atoms with Crippen LogP contribution in [0.5, 0.6) is 0 Å². The number of halogens is 2. The van der Waals surface area contributed by atoms with Gasteiger partial charge in [-0.25, -0.2) is 4.99 Å². The highest BCUT2D eigenvalue weighted by atomic mass is 35.5. The molecule has 2 aromatic carbocycles. The van der Waals surface area contributed by atoms with E-state index < -0.39 is 7.60 Å². The molecule has 0 amide bonds. The number of amidine groups is 1. The van der Waals surface area contributed by atoms with E-state index >= 15 is 0 Å². The lowest BCUT2D eigenvalue weighted by molar-refractivity contribution is 0.223. The van der Waals surface area contributed by atoms with Gasteiger partial charge in [-0.15, -0.1) is 0 Å². The maximum Gasteiger partial charge on any atom is 0.338 e. The molecule has 0 aromatic heterocycles. The maximum absolute atomic E-state index is 12.9. The number of hydrogen-bond acceptors (Lipinski definition) is 4. The number of nitrogens with one attached hydrogen (secondary N) is 1. The fraction of sp³-hybridized carbons (Fsp3) is 0.278. The Morgan fingerprint density at radius 3 is 1.96 bits per heavy atom. The smallest absolute Gasteiger partial charge is 0.338 e. The molecule has 1 N–H and O–H groups in total. The SMILES string of the molecule is CCOP(=O)(CC(=Nc1ccc(Cl)cc1)Nc1ccc(Cl)cc1)OCC. The number of anilines is 1. The van der Waals surface area contributed by atoms with Crippen LogP contribution in [0.15, 0.2) is 53.5 Å². The van der Waals surface area contributed by atoms with E-state index in [9.17, 15) is 4.57 Å². The van der Waals surface area contributed by atoms with Gasteiger partial charge in [0.2, 0.25) is 0 Å². The van der Waals surface area contributed by atoms with Crippen molar-refractivity contribution in [3.8, 4) is 0 Å². The average molecular weight is 415 g/mol. The van der Waals surface area contributed by atoms with Crippen molar-refractivity contribution in [2.75, 3.05) is 24.7 Å². The van der Waals surface area contributed by atoms with Crippen molar-refractivity contribution >= 4 is 48.0 Å². The quantitative estimate of drug-likeness (QED) is 0.308. The minimum Gasteiger partial charge on any atom is -0.343 e. The van der Waals surface area contributed by atoms with Crippen molar-refractivity contribution in [3.63, 3.8) is 0 Å². The van der Waals surface area contributed by atoms with Crippen molar-refractivity contribution in [2.45, 2.75) is 13.8 Å². The molecule has 0 heterocycles. The zero-order valence-electron chi connectivity index (χ0n) is 14.6. The molecule has 0 radical (unpaired) electrons. The van der Waals surface area contributed by atoms with Gasteiger partial charge in [-0.3, -0.25) is 4.57 Å². The van der Waals surface area contributed by atoms with Gasteiger partial charge in [-0.2, -0.15) is 0 Å². The number of nitrogens with zero attached hydrogens (tertiary/aromatic N) is 1.